The molecular weight excluding hydrogens is 178 g/mol. The van der Waals surface area contributed by atoms with Crippen LogP contribution in [0.25, 0.3) is 0 Å². The first-order valence-electron chi connectivity index (χ1n) is 5.24. The predicted molar refractivity (Wildman–Crippen MR) is 52.3 cm³/mol. The molecule has 14 heavy (non-hydrogen) atoms. The summed E-state index contributed by atoms with van der Waals surface area (Å²) >= 11 is 0. The number of carbonyl (C=O) groups excluding carboxylic acids is 1. The van der Waals surface area contributed by atoms with Gasteiger partial charge in [-0.05, 0) is 12.8 Å². The van der Waals surface area contributed by atoms with Crippen LogP contribution in [-0.2, 0) is 0 Å². The second kappa shape index (κ2) is 3.95. The van der Waals surface area contributed by atoms with E-state index in [1.165, 1.54) is 32.4 Å². The van der Waals surface area contributed by atoms with Crippen molar-refractivity contribution in [1.29, 1.82) is 0 Å². The van der Waals surface area contributed by atoms with Gasteiger partial charge in [-0.15, -0.1) is 0 Å². The molecule has 76 valence electrons. The van der Waals surface area contributed by atoms with Gasteiger partial charge in [0.25, 0.3) is 0 Å². The minimum absolute atomic E-state index is 0.0178. The summed E-state index contributed by atoms with van der Waals surface area (Å²) in [5, 5.41) is 0. The number of nitrogens with zero attached hydrogens (tertiary/aromatic N) is 1. The van der Waals surface area contributed by atoms with Crippen LogP contribution in [0.4, 0.5) is 0 Å². The average Bonchev–Trinajstić information content (AvgIpc) is 2.68. The monoisotopic (exact) mass is 193 g/mol. The second-order valence-electron chi connectivity index (χ2n) is 3.96. The third kappa shape index (κ3) is 1.86. The van der Waals surface area contributed by atoms with Crippen molar-refractivity contribution in [3.63, 3.8) is 0 Å². The number of ketones is 1. The van der Waals surface area contributed by atoms with Gasteiger partial charge in [0.05, 0.1) is 0 Å². The average molecular weight is 193 g/mol. The zero-order chi connectivity index (χ0) is 9.97. The molecule has 0 atom stereocenters. The quantitative estimate of drug-likeness (QED) is 0.678. The third-order valence-corrected chi connectivity index (χ3v) is 2.84. The lowest BCUT2D eigenvalue weighted by atomic mass is 9.89. The van der Waals surface area contributed by atoms with Crippen molar-refractivity contribution in [2.24, 2.45) is 0 Å². The fourth-order valence-electron chi connectivity index (χ4n) is 1.99. The van der Waals surface area contributed by atoms with Gasteiger partial charge < -0.3 is 4.42 Å². The molecule has 1 aromatic rings. The van der Waals surface area contributed by atoms with Crippen LogP contribution in [0, 0.1) is 0 Å². The van der Waals surface area contributed by atoms with E-state index in [0.29, 0.717) is 11.6 Å². The molecule has 1 heterocycles. The Morgan fingerprint density at radius 2 is 2.14 bits per heavy atom. The summed E-state index contributed by atoms with van der Waals surface area (Å²) in [7, 11) is 0. The van der Waals surface area contributed by atoms with Crippen molar-refractivity contribution in [2.75, 3.05) is 0 Å². The molecule has 0 radical (unpaired) electrons. The van der Waals surface area contributed by atoms with Gasteiger partial charge >= 0.3 is 0 Å². The molecule has 1 fully saturated rings. The van der Waals surface area contributed by atoms with Crippen LogP contribution in [-0.4, -0.2) is 10.8 Å². The van der Waals surface area contributed by atoms with E-state index >= 15 is 0 Å². The van der Waals surface area contributed by atoms with Gasteiger partial charge in [-0.1, -0.05) is 19.3 Å². The topological polar surface area (TPSA) is 43.1 Å². The minimum Gasteiger partial charge on any atom is -0.448 e. The lowest BCUT2D eigenvalue weighted by molar-refractivity contribution is 0.101. The minimum atomic E-state index is -0.0178. The van der Waals surface area contributed by atoms with Crippen molar-refractivity contribution >= 4 is 5.78 Å². The third-order valence-electron chi connectivity index (χ3n) is 2.84. The first-order valence-corrected chi connectivity index (χ1v) is 5.24. The number of hydrogen-bond acceptors (Lipinski definition) is 3. The highest BCUT2D eigenvalue weighted by atomic mass is 16.3. The van der Waals surface area contributed by atoms with E-state index in [1.54, 1.807) is 0 Å². The Balaban J connectivity index is 2.11. The summed E-state index contributed by atoms with van der Waals surface area (Å²) in [6.45, 7) is 1.52. The Kier molecular flexibility index (Phi) is 2.66. The van der Waals surface area contributed by atoms with Gasteiger partial charge in [0.15, 0.2) is 11.7 Å². The molecule has 0 amide bonds. The van der Waals surface area contributed by atoms with Gasteiger partial charge in [-0.3, -0.25) is 4.79 Å². The summed E-state index contributed by atoms with van der Waals surface area (Å²) in [6.07, 6.45) is 7.60. The van der Waals surface area contributed by atoms with Crippen molar-refractivity contribution in [2.45, 2.75) is 44.9 Å². The maximum atomic E-state index is 11.0. The molecular formula is C11H15NO2. The lowest BCUT2D eigenvalue weighted by Crippen LogP contribution is -2.05. The summed E-state index contributed by atoms with van der Waals surface area (Å²) < 4.78 is 5.33. The SMILES string of the molecule is CC(=O)c1coc(C2CCCCC2)n1. The largest absolute Gasteiger partial charge is 0.448 e. The Bertz CT molecular complexity index is 324. The summed E-state index contributed by atoms with van der Waals surface area (Å²) in [5.74, 6) is 1.18. The molecule has 1 aromatic heterocycles. The van der Waals surface area contributed by atoms with Gasteiger partial charge in [-0.25, -0.2) is 4.98 Å². The molecule has 0 aliphatic heterocycles. The molecule has 0 bridgehead atoms. The van der Waals surface area contributed by atoms with Crippen LogP contribution in [0.1, 0.15) is 61.3 Å². The lowest BCUT2D eigenvalue weighted by Gasteiger charge is -2.17. The molecule has 0 spiro atoms. The van der Waals surface area contributed by atoms with E-state index in [4.69, 9.17) is 4.42 Å². The van der Waals surface area contributed by atoms with Crippen LogP contribution in [0.15, 0.2) is 10.7 Å². The first-order chi connectivity index (χ1) is 6.77. The molecule has 0 N–H and O–H groups in total. The van der Waals surface area contributed by atoms with Crippen LogP contribution in [0.3, 0.4) is 0 Å². The van der Waals surface area contributed by atoms with Crippen LogP contribution < -0.4 is 0 Å². The Morgan fingerprint density at radius 1 is 1.43 bits per heavy atom. The van der Waals surface area contributed by atoms with Gasteiger partial charge in [-0.2, -0.15) is 0 Å². The van der Waals surface area contributed by atoms with Gasteiger partial charge in [0.1, 0.15) is 12.0 Å². The zero-order valence-electron chi connectivity index (χ0n) is 8.45. The zero-order valence-corrected chi connectivity index (χ0v) is 8.45. The number of hydrogen-bond donors (Lipinski definition) is 0. The van der Waals surface area contributed by atoms with Gasteiger partial charge in [0.2, 0.25) is 0 Å². The molecule has 0 aromatic carbocycles. The first kappa shape index (κ1) is 9.44. The number of aromatic nitrogens is 1. The molecule has 0 saturated heterocycles. The number of carbonyl (C=O) groups is 1. The molecule has 1 saturated carbocycles. The molecule has 0 unspecified atom stereocenters. The predicted octanol–water partition coefficient (Wildman–Crippen LogP) is 2.92. The number of rotatable bonds is 2. The maximum absolute atomic E-state index is 11.0. The summed E-state index contributed by atoms with van der Waals surface area (Å²) in [5.41, 5.74) is 0.463. The fraction of sp³-hybridized carbons (Fsp3) is 0.636. The van der Waals surface area contributed by atoms with Crippen molar-refractivity contribution < 1.29 is 9.21 Å². The van der Waals surface area contributed by atoms with E-state index in [0.717, 1.165) is 18.7 Å². The van der Waals surface area contributed by atoms with E-state index in [-0.39, 0.29) is 5.78 Å². The van der Waals surface area contributed by atoms with Crippen LogP contribution in [0.2, 0.25) is 0 Å². The highest BCUT2D eigenvalue weighted by Gasteiger charge is 2.20. The van der Waals surface area contributed by atoms with Crippen LogP contribution in [0.5, 0.6) is 0 Å². The van der Waals surface area contributed by atoms with Crippen LogP contribution >= 0.6 is 0 Å². The standard InChI is InChI=1S/C11H15NO2/c1-8(13)10-7-14-11(12-10)9-5-3-2-4-6-9/h7,9H,2-6H2,1H3. The maximum Gasteiger partial charge on any atom is 0.197 e. The summed E-state index contributed by atoms with van der Waals surface area (Å²) in [4.78, 5) is 15.2. The van der Waals surface area contributed by atoms with Crippen molar-refractivity contribution in [3.8, 4) is 0 Å². The fourth-order valence-corrected chi connectivity index (χ4v) is 1.99. The van der Waals surface area contributed by atoms with Gasteiger partial charge in [0, 0.05) is 12.8 Å². The van der Waals surface area contributed by atoms with E-state index in [1.807, 2.05) is 0 Å². The molecule has 1 aliphatic rings. The Morgan fingerprint density at radius 3 is 2.71 bits per heavy atom. The molecule has 3 heteroatoms. The normalized spacial score (nSPS) is 18.4. The van der Waals surface area contributed by atoms with E-state index in [2.05, 4.69) is 4.98 Å². The smallest absolute Gasteiger partial charge is 0.197 e. The van der Waals surface area contributed by atoms with E-state index in [9.17, 15) is 4.79 Å². The number of Topliss-reactive ketones (excluding diaryl/α,β-unsaturated/α-hetero) is 1. The van der Waals surface area contributed by atoms with Crippen molar-refractivity contribution in [3.05, 3.63) is 17.8 Å². The Labute approximate surface area is 83.5 Å². The molecule has 2 rings (SSSR count). The highest BCUT2D eigenvalue weighted by Crippen LogP contribution is 2.31. The number of oxazole rings is 1. The second-order valence-corrected chi connectivity index (χ2v) is 3.96. The highest BCUT2D eigenvalue weighted by molar-refractivity contribution is 5.91. The van der Waals surface area contributed by atoms with Crippen molar-refractivity contribution in [1.82, 2.24) is 4.98 Å². The molecule has 1 aliphatic carbocycles. The Hall–Kier alpha value is -1.12. The molecule has 3 nitrogen and oxygen atoms in total. The summed E-state index contributed by atoms with van der Waals surface area (Å²) in [6, 6.07) is 0. The van der Waals surface area contributed by atoms with E-state index < -0.39 is 0 Å².